The third-order valence-electron chi connectivity index (χ3n) is 6.71. The summed E-state index contributed by atoms with van der Waals surface area (Å²) < 4.78 is 0. The number of hydrogen-bond acceptors (Lipinski definition) is 4. The van der Waals surface area contributed by atoms with Crippen LogP contribution < -0.4 is 10.6 Å². The van der Waals surface area contributed by atoms with Crippen molar-refractivity contribution in [3.8, 4) is 0 Å². The first-order valence-corrected chi connectivity index (χ1v) is 11.7. The lowest BCUT2D eigenvalue weighted by Gasteiger charge is -2.51. The molecule has 2 atom stereocenters. The largest absolute Gasteiger partial charge is 0.384 e. The first-order chi connectivity index (χ1) is 16.0. The molecule has 7 nitrogen and oxygen atoms in total. The quantitative estimate of drug-likeness (QED) is 0.608. The molecule has 3 N–H and O–H groups in total. The fourth-order valence-electron chi connectivity index (χ4n) is 4.67. The molecule has 182 valence electrons. The van der Waals surface area contributed by atoms with Gasteiger partial charge in [-0.05, 0) is 30.0 Å². The Morgan fingerprint density at radius 3 is 2.21 bits per heavy atom. The second-order valence-electron chi connectivity index (χ2n) is 10.0. The van der Waals surface area contributed by atoms with E-state index in [0.717, 1.165) is 5.56 Å². The van der Waals surface area contributed by atoms with E-state index in [2.05, 4.69) is 10.6 Å². The molecule has 3 amide bonds. The van der Waals surface area contributed by atoms with Gasteiger partial charge >= 0.3 is 0 Å². The van der Waals surface area contributed by atoms with Crippen molar-refractivity contribution >= 4 is 23.4 Å². The van der Waals surface area contributed by atoms with E-state index in [1.165, 1.54) is 6.92 Å². The van der Waals surface area contributed by atoms with Crippen LogP contribution in [0.15, 0.2) is 54.6 Å². The topological polar surface area (TPSA) is 98.7 Å². The zero-order valence-electron chi connectivity index (χ0n) is 20.6. The van der Waals surface area contributed by atoms with Gasteiger partial charge in [0.2, 0.25) is 11.8 Å². The van der Waals surface area contributed by atoms with Crippen molar-refractivity contribution in [1.82, 2.24) is 10.2 Å². The minimum absolute atomic E-state index is 0.151. The number of carbonyl (C=O) groups is 3. The van der Waals surface area contributed by atoms with Gasteiger partial charge in [0.05, 0.1) is 16.9 Å². The number of carbonyl (C=O) groups excluding carboxylic acids is 3. The van der Waals surface area contributed by atoms with Crippen LogP contribution in [0.4, 0.5) is 5.69 Å². The summed E-state index contributed by atoms with van der Waals surface area (Å²) in [5.74, 6) is -1.03. The van der Waals surface area contributed by atoms with Crippen molar-refractivity contribution in [1.29, 1.82) is 0 Å². The highest BCUT2D eigenvalue weighted by molar-refractivity contribution is 6.04. The molecule has 0 unspecified atom stereocenters. The van der Waals surface area contributed by atoms with Gasteiger partial charge in [-0.1, -0.05) is 70.2 Å². The molecule has 1 aliphatic heterocycles. The molecule has 34 heavy (non-hydrogen) atoms. The van der Waals surface area contributed by atoms with Crippen molar-refractivity contribution < 1.29 is 19.5 Å². The Hall–Kier alpha value is -3.19. The summed E-state index contributed by atoms with van der Waals surface area (Å²) in [5, 5.41) is 17.1. The van der Waals surface area contributed by atoms with E-state index < -0.39 is 23.0 Å². The first-order valence-electron chi connectivity index (χ1n) is 11.7. The highest BCUT2D eigenvalue weighted by atomic mass is 16.3. The number of benzene rings is 2. The molecule has 2 aromatic carbocycles. The molecule has 1 aliphatic rings. The van der Waals surface area contributed by atoms with Crippen molar-refractivity contribution in [2.75, 3.05) is 18.4 Å². The second kappa shape index (κ2) is 9.97. The predicted molar refractivity (Wildman–Crippen MR) is 132 cm³/mol. The predicted octanol–water partition coefficient (Wildman–Crippen LogP) is 3.55. The Balaban J connectivity index is 1.79. The number of piperidine rings is 1. The van der Waals surface area contributed by atoms with Crippen molar-refractivity contribution in [3.63, 3.8) is 0 Å². The molecule has 0 saturated carbocycles. The lowest BCUT2D eigenvalue weighted by Crippen LogP contribution is -2.60. The molecule has 2 aromatic rings. The molecule has 0 radical (unpaired) electrons. The highest BCUT2D eigenvalue weighted by Gasteiger charge is 2.50. The summed E-state index contributed by atoms with van der Waals surface area (Å²) in [4.78, 5) is 39.9. The van der Waals surface area contributed by atoms with Crippen LogP contribution in [-0.2, 0) is 15.2 Å². The van der Waals surface area contributed by atoms with Crippen LogP contribution in [0.1, 0.15) is 57.0 Å². The SMILES string of the molecule is CC(=O)Nc1ccccc1C(=O)N[C@@H](C(=O)N1CC[C@](O)(c2ccccc2)C(C)(C)C1)C(C)C. The summed E-state index contributed by atoms with van der Waals surface area (Å²) in [6.07, 6.45) is 0.403. The van der Waals surface area contributed by atoms with E-state index in [1.54, 1.807) is 29.2 Å². The van der Waals surface area contributed by atoms with Crippen LogP contribution in [0, 0.1) is 11.3 Å². The number of nitrogens with zero attached hydrogens (tertiary/aromatic N) is 1. The molecule has 1 heterocycles. The van der Waals surface area contributed by atoms with E-state index in [0.29, 0.717) is 30.8 Å². The lowest BCUT2D eigenvalue weighted by molar-refractivity contribution is -0.155. The second-order valence-corrected chi connectivity index (χ2v) is 10.0. The number of aliphatic hydroxyl groups is 1. The lowest BCUT2D eigenvalue weighted by atomic mass is 9.66. The zero-order chi connectivity index (χ0) is 25.1. The fraction of sp³-hybridized carbons (Fsp3) is 0.444. The van der Waals surface area contributed by atoms with E-state index >= 15 is 0 Å². The maximum atomic E-state index is 13.6. The average molecular weight is 466 g/mol. The number of likely N-dealkylation sites (tertiary alicyclic amines) is 1. The molecule has 1 fully saturated rings. The van der Waals surface area contributed by atoms with E-state index in [-0.39, 0.29) is 17.7 Å². The van der Waals surface area contributed by atoms with Gasteiger partial charge in [-0.2, -0.15) is 0 Å². The number of hydrogen-bond donors (Lipinski definition) is 3. The van der Waals surface area contributed by atoms with Gasteiger partial charge in [0.15, 0.2) is 0 Å². The molecule has 7 heteroatoms. The van der Waals surface area contributed by atoms with Crippen molar-refractivity contribution in [2.24, 2.45) is 11.3 Å². The number of rotatable bonds is 6. The molecule has 0 aliphatic carbocycles. The molecular formula is C27H35N3O4. The Bertz CT molecular complexity index is 1050. The maximum absolute atomic E-state index is 13.6. The number of nitrogens with one attached hydrogen (secondary N) is 2. The molecule has 0 spiro atoms. The monoisotopic (exact) mass is 465 g/mol. The van der Waals surface area contributed by atoms with Gasteiger partial charge in [-0.15, -0.1) is 0 Å². The van der Waals surface area contributed by atoms with Crippen LogP contribution in [0.5, 0.6) is 0 Å². The van der Waals surface area contributed by atoms with Crippen molar-refractivity contribution in [3.05, 3.63) is 65.7 Å². The average Bonchev–Trinajstić information content (AvgIpc) is 2.79. The Kier molecular flexibility index (Phi) is 7.46. The normalized spacial score (nSPS) is 20.5. The summed E-state index contributed by atoms with van der Waals surface area (Å²) >= 11 is 0. The minimum atomic E-state index is -1.06. The summed E-state index contributed by atoms with van der Waals surface area (Å²) in [6.45, 7) is 9.83. The maximum Gasteiger partial charge on any atom is 0.254 e. The number of amides is 3. The molecule has 0 bridgehead atoms. The highest BCUT2D eigenvalue weighted by Crippen LogP contribution is 2.46. The van der Waals surface area contributed by atoms with Crippen LogP contribution >= 0.6 is 0 Å². The number of para-hydroxylation sites is 1. The van der Waals surface area contributed by atoms with Crippen LogP contribution in [0.3, 0.4) is 0 Å². The Morgan fingerprint density at radius 1 is 1.00 bits per heavy atom. The van der Waals surface area contributed by atoms with Gasteiger partial charge in [0.25, 0.3) is 5.91 Å². The number of anilines is 1. The van der Waals surface area contributed by atoms with Gasteiger partial charge < -0.3 is 20.6 Å². The zero-order valence-corrected chi connectivity index (χ0v) is 20.6. The van der Waals surface area contributed by atoms with E-state index in [4.69, 9.17) is 0 Å². The summed E-state index contributed by atoms with van der Waals surface area (Å²) in [7, 11) is 0. The minimum Gasteiger partial charge on any atom is -0.384 e. The Morgan fingerprint density at radius 2 is 1.62 bits per heavy atom. The van der Waals surface area contributed by atoms with Crippen LogP contribution in [0.2, 0.25) is 0 Å². The molecule has 1 saturated heterocycles. The van der Waals surface area contributed by atoms with E-state index in [1.807, 2.05) is 58.0 Å². The smallest absolute Gasteiger partial charge is 0.254 e. The van der Waals surface area contributed by atoms with Gasteiger partial charge in [0.1, 0.15) is 6.04 Å². The fourth-order valence-corrected chi connectivity index (χ4v) is 4.67. The molecule has 0 aromatic heterocycles. The Labute approximate surface area is 201 Å². The molecular weight excluding hydrogens is 430 g/mol. The third kappa shape index (κ3) is 5.14. The van der Waals surface area contributed by atoms with Crippen LogP contribution in [-0.4, -0.2) is 46.9 Å². The summed E-state index contributed by atoms with van der Waals surface area (Å²) in [5.41, 5.74) is -0.108. The van der Waals surface area contributed by atoms with Gasteiger partial charge in [0, 0.05) is 25.4 Å². The van der Waals surface area contributed by atoms with Gasteiger partial charge in [-0.3, -0.25) is 14.4 Å². The standard InChI is InChI=1S/C27H35N3O4/c1-18(2)23(29-24(32)21-13-9-10-14-22(21)28-19(3)31)25(33)30-16-15-27(34,26(4,5)17-30)20-11-7-6-8-12-20/h6-14,18,23,34H,15-17H2,1-5H3,(H,28,31)(H,29,32)/t23-,27+/m1/s1. The van der Waals surface area contributed by atoms with Crippen LogP contribution in [0.25, 0.3) is 0 Å². The van der Waals surface area contributed by atoms with Crippen molar-refractivity contribution in [2.45, 2.75) is 52.7 Å². The first kappa shape index (κ1) is 25.4. The van der Waals surface area contributed by atoms with Gasteiger partial charge in [-0.25, -0.2) is 0 Å². The van der Waals surface area contributed by atoms with E-state index in [9.17, 15) is 19.5 Å². The summed E-state index contributed by atoms with van der Waals surface area (Å²) in [6, 6.07) is 15.5. The molecule has 3 rings (SSSR count). The third-order valence-corrected chi connectivity index (χ3v) is 6.71.